The summed E-state index contributed by atoms with van der Waals surface area (Å²) in [5.74, 6) is -1.21. The molecule has 0 bridgehead atoms. The summed E-state index contributed by atoms with van der Waals surface area (Å²) in [6.45, 7) is 4.74. The molecule has 1 aromatic heterocycles. The lowest BCUT2D eigenvalue weighted by Gasteiger charge is -2.31. The Kier molecular flexibility index (Phi) is 7.23. The molecule has 1 aliphatic heterocycles. The number of hydrogen-bond donors (Lipinski definition) is 2. The first-order chi connectivity index (χ1) is 16.3. The first-order valence-corrected chi connectivity index (χ1v) is 12.1. The predicted molar refractivity (Wildman–Crippen MR) is 132 cm³/mol. The molecule has 1 aliphatic rings. The third-order valence-electron chi connectivity index (χ3n) is 5.63. The monoisotopic (exact) mass is 497 g/mol. The van der Waals surface area contributed by atoms with Gasteiger partial charge in [-0.25, -0.2) is 0 Å². The minimum absolute atomic E-state index is 0.0829. The van der Waals surface area contributed by atoms with E-state index in [1.165, 1.54) is 0 Å². The highest BCUT2D eigenvalue weighted by molar-refractivity contribution is 7.15. The van der Waals surface area contributed by atoms with Gasteiger partial charge in [0.05, 0.1) is 5.92 Å². The molecular formula is C24H24ClN5O3S. The molecule has 176 valence electrons. The van der Waals surface area contributed by atoms with Gasteiger partial charge in [-0.1, -0.05) is 35.1 Å². The van der Waals surface area contributed by atoms with Crippen LogP contribution in [0.5, 0.6) is 0 Å². The fourth-order valence-electron chi connectivity index (χ4n) is 3.74. The molecule has 0 radical (unpaired) electrons. The molecule has 1 atom stereocenters. The molecule has 1 saturated heterocycles. The van der Waals surface area contributed by atoms with E-state index in [2.05, 4.69) is 20.8 Å². The van der Waals surface area contributed by atoms with Crippen molar-refractivity contribution < 1.29 is 14.4 Å². The molecule has 2 N–H and O–H groups in total. The van der Waals surface area contributed by atoms with Crippen LogP contribution < -0.4 is 10.6 Å². The lowest BCUT2D eigenvalue weighted by molar-refractivity contribution is -0.121. The minimum Gasteiger partial charge on any atom is -0.336 e. The number of amides is 3. The lowest BCUT2D eigenvalue weighted by atomic mass is 9.96. The van der Waals surface area contributed by atoms with Gasteiger partial charge in [-0.15, -0.1) is 10.2 Å². The van der Waals surface area contributed by atoms with Gasteiger partial charge in [0.2, 0.25) is 15.9 Å². The van der Waals surface area contributed by atoms with E-state index < -0.39 is 5.91 Å². The third kappa shape index (κ3) is 5.60. The zero-order valence-corrected chi connectivity index (χ0v) is 20.4. The molecule has 0 unspecified atom stereocenters. The average Bonchev–Trinajstić information content (AvgIpc) is 3.33. The Bertz CT molecular complexity index is 1230. The second-order valence-electron chi connectivity index (χ2n) is 8.27. The third-order valence-corrected chi connectivity index (χ3v) is 6.80. The normalized spacial score (nSPS) is 15.6. The number of hydrogen-bond acceptors (Lipinski definition) is 6. The molecule has 4 rings (SSSR count). The quantitative estimate of drug-likeness (QED) is 0.538. The maximum absolute atomic E-state index is 13.0. The van der Waals surface area contributed by atoms with Crippen LogP contribution in [0.3, 0.4) is 0 Å². The number of rotatable bonds is 5. The van der Waals surface area contributed by atoms with Gasteiger partial charge in [0.15, 0.2) is 0 Å². The van der Waals surface area contributed by atoms with E-state index in [0.717, 1.165) is 28.2 Å². The van der Waals surface area contributed by atoms with Gasteiger partial charge < -0.3 is 15.5 Å². The fraction of sp³-hybridized carbons (Fsp3) is 0.292. The van der Waals surface area contributed by atoms with E-state index in [1.54, 1.807) is 29.2 Å². The minimum atomic E-state index is -0.455. The number of nitrogens with zero attached hydrogens (tertiary/aromatic N) is 3. The summed E-state index contributed by atoms with van der Waals surface area (Å²) in [7, 11) is 0. The second-order valence-corrected chi connectivity index (χ2v) is 9.69. The van der Waals surface area contributed by atoms with Crippen molar-refractivity contribution in [2.24, 2.45) is 5.92 Å². The molecule has 3 amide bonds. The van der Waals surface area contributed by atoms with Crippen molar-refractivity contribution in [2.45, 2.75) is 26.7 Å². The highest BCUT2D eigenvalue weighted by atomic mass is 35.5. The number of carbonyl (C=O) groups is 3. The SMILES string of the molecule is Cc1ccc(C)c(NC(=O)[C@H]2CCCN(C(=O)c3nnc(C(=O)Nc4ccc(Cl)cc4)s3)C2)c1. The Labute approximate surface area is 206 Å². The number of nitrogens with one attached hydrogen (secondary N) is 2. The maximum Gasteiger partial charge on any atom is 0.286 e. The van der Waals surface area contributed by atoms with Gasteiger partial charge >= 0.3 is 0 Å². The number of carbonyl (C=O) groups excluding carboxylic acids is 3. The first kappa shape index (κ1) is 23.8. The van der Waals surface area contributed by atoms with E-state index in [1.807, 2.05) is 32.0 Å². The number of benzene rings is 2. The summed E-state index contributed by atoms with van der Waals surface area (Å²) in [5, 5.41) is 14.3. The summed E-state index contributed by atoms with van der Waals surface area (Å²) in [6, 6.07) is 12.6. The highest BCUT2D eigenvalue weighted by Crippen LogP contribution is 2.24. The van der Waals surface area contributed by atoms with Crippen molar-refractivity contribution in [3.63, 3.8) is 0 Å². The molecule has 0 saturated carbocycles. The summed E-state index contributed by atoms with van der Waals surface area (Å²) in [5.41, 5.74) is 3.40. The summed E-state index contributed by atoms with van der Waals surface area (Å²) in [6.07, 6.45) is 1.41. The van der Waals surface area contributed by atoms with Crippen molar-refractivity contribution in [3.8, 4) is 0 Å². The van der Waals surface area contributed by atoms with E-state index in [9.17, 15) is 14.4 Å². The van der Waals surface area contributed by atoms with Gasteiger partial charge in [-0.2, -0.15) is 0 Å². The van der Waals surface area contributed by atoms with Crippen LogP contribution in [-0.4, -0.2) is 45.9 Å². The van der Waals surface area contributed by atoms with Gasteiger partial charge in [-0.05, 0) is 68.1 Å². The molecular weight excluding hydrogens is 474 g/mol. The zero-order valence-electron chi connectivity index (χ0n) is 18.8. The standard InChI is InChI=1S/C24H24ClN5O3S/c1-14-5-6-15(2)19(12-14)27-20(31)16-4-3-11-30(13-16)24(33)23-29-28-22(34-23)21(32)26-18-9-7-17(25)8-10-18/h5-10,12,16H,3-4,11,13H2,1-2H3,(H,26,32)(H,27,31)/t16-/m0/s1. The van der Waals surface area contributed by atoms with Gasteiger partial charge in [0, 0.05) is 29.5 Å². The Morgan fingerprint density at radius 1 is 1.03 bits per heavy atom. The average molecular weight is 498 g/mol. The molecule has 2 aromatic carbocycles. The van der Waals surface area contributed by atoms with Crippen LogP contribution in [0.25, 0.3) is 0 Å². The second kappa shape index (κ2) is 10.3. The van der Waals surface area contributed by atoms with Crippen LogP contribution in [0.2, 0.25) is 5.02 Å². The smallest absolute Gasteiger partial charge is 0.286 e. The van der Waals surface area contributed by atoms with Crippen molar-refractivity contribution >= 4 is 52.0 Å². The number of halogens is 1. The molecule has 1 fully saturated rings. The number of likely N-dealkylation sites (tertiary alicyclic amines) is 1. The number of aromatic nitrogens is 2. The van der Waals surface area contributed by atoms with Crippen LogP contribution in [0.1, 0.15) is 43.6 Å². The Balaban J connectivity index is 1.38. The molecule has 10 heteroatoms. The van der Waals surface area contributed by atoms with Crippen molar-refractivity contribution in [2.75, 3.05) is 23.7 Å². The fourth-order valence-corrected chi connectivity index (χ4v) is 4.57. The first-order valence-electron chi connectivity index (χ1n) is 10.9. The molecule has 2 heterocycles. The molecule has 0 spiro atoms. The molecule has 34 heavy (non-hydrogen) atoms. The van der Waals surface area contributed by atoms with Crippen LogP contribution in [0.15, 0.2) is 42.5 Å². The number of piperidine rings is 1. The molecule has 8 nitrogen and oxygen atoms in total. The van der Waals surface area contributed by atoms with Crippen molar-refractivity contribution in [3.05, 3.63) is 68.6 Å². The Morgan fingerprint density at radius 2 is 1.76 bits per heavy atom. The van der Waals surface area contributed by atoms with Gasteiger partial charge in [-0.3, -0.25) is 14.4 Å². The molecule has 3 aromatic rings. The lowest BCUT2D eigenvalue weighted by Crippen LogP contribution is -2.43. The van der Waals surface area contributed by atoms with E-state index in [0.29, 0.717) is 36.6 Å². The zero-order chi connectivity index (χ0) is 24.2. The van der Waals surface area contributed by atoms with Gasteiger partial charge in [0.25, 0.3) is 11.8 Å². The van der Waals surface area contributed by atoms with Crippen LogP contribution >= 0.6 is 22.9 Å². The summed E-state index contributed by atoms with van der Waals surface area (Å²) >= 11 is 6.79. The summed E-state index contributed by atoms with van der Waals surface area (Å²) in [4.78, 5) is 40.0. The van der Waals surface area contributed by atoms with Crippen LogP contribution in [0, 0.1) is 19.8 Å². The molecule has 0 aliphatic carbocycles. The van der Waals surface area contributed by atoms with Crippen molar-refractivity contribution in [1.29, 1.82) is 0 Å². The predicted octanol–water partition coefficient (Wildman–Crippen LogP) is 4.55. The van der Waals surface area contributed by atoms with Crippen LogP contribution in [-0.2, 0) is 4.79 Å². The number of aryl methyl sites for hydroxylation is 2. The van der Waals surface area contributed by atoms with Gasteiger partial charge in [0.1, 0.15) is 0 Å². The summed E-state index contributed by atoms with van der Waals surface area (Å²) < 4.78 is 0. The van der Waals surface area contributed by atoms with E-state index in [4.69, 9.17) is 11.6 Å². The highest BCUT2D eigenvalue weighted by Gasteiger charge is 2.31. The van der Waals surface area contributed by atoms with Crippen molar-refractivity contribution in [1.82, 2.24) is 15.1 Å². The maximum atomic E-state index is 13.0. The topological polar surface area (TPSA) is 104 Å². The van der Waals surface area contributed by atoms with Crippen LogP contribution in [0.4, 0.5) is 11.4 Å². The van der Waals surface area contributed by atoms with E-state index in [-0.39, 0.29) is 27.7 Å². The van der Waals surface area contributed by atoms with E-state index >= 15 is 0 Å². The number of anilines is 2. The largest absolute Gasteiger partial charge is 0.336 e. The Morgan fingerprint density at radius 3 is 2.53 bits per heavy atom. The Hall–Kier alpha value is -3.30.